The van der Waals surface area contributed by atoms with Gasteiger partial charge in [0.15, 0.2) is 6.61 Å². The van der Waals surface area contributed by atoms with Crippen LogP contribution in [-0.2, 0) is 19.0 Å². The van der Waals surface area contributed by atoms with Crippen LogP contribution in [0.1, 0.15) is 31.1 Å². The van der Waals surface area contributed by atoms with Crippen LogP contribution in [0.5, 0.6) is 0 Å². The van der Waals surface area contributed by atoms with E-state index in [9.17, 15) is 19.2 Å². The number of ether oxygens (including phenoxy) is 3. The van der Waals surface area contributed by atoms with E-state index in [-0.39, 0.29) is 22.4 Å². The zero-order chi connectivity index (χ0) is 20.7. The maximum atomic E-state index is 12.1. The monoisotopic (exact) mass is 405 g/mol. The molecule has 8 nitrogen and oxygen atoms in total. The predicted molar refractivity (Wildman–Crippen MR) is 99.5 cm³/mol. The maximum Gasteiger partial charge on any atom is 0.338 e. The van der Waals surface area contributed by atoms with Crippen molar-refractivity contribution in [3.63, 3.8) is 0 Å². The molecule has 2 aromatic rings. The molecule has 0 heterocycles. The van der Waals surface area contributed by atoms with Crippen molar-refractivity contribution in [1.29, 1.82) is 0 Å². The number of hydrogen-bond donors (Lipinski definition) is 1. The SMILES string of the molecule is COC(=O)c1cc(NC(=O)COC(=O)c2ccc(Cl)cc2)cc(C(=O)OC)c1. The Labute approximate surface area is 165 Å². The van der Waals surface area contributed by atoms with Gasteiger partial charge in [0.1, 0.15) is 0 Å². The molecule has 1 N–H and O–H groups in total. The van der Waals surface area contributed by atoms with E-state index in [0.717, 1.165) is 0 Å². The predicted octanol–water partition coefficient (Wildman–Crippen LogP) is 2.71. The Bertz CT molecular complexity index is 875. The molecule has 2 rings (SSSR count). The average Bonchev–Trinajstić information content (AvgIpc) is 2.70. The van der Waals surface area contributed by atoms with Gasteiger partial charge in [-0.15, -0.1) is 0 Å². The number of esters is 3. The second-order valence-corrected chi connectivity index (χ2v) is 5.85. The highest BCUT2D eigenvalue weighted by molar-refractivity contribution is 6.30. The molecule has 0 radical (unpaired) electrons. The number of methoxy groups -OCH3 is 2. The Hall–Kier alpha value is -3.39. The number of nitrogens with one attached hydrogen (secondary N) is 1. The Kier molecular flexibility index (Phi) is 7.11. The first-order chi connectivity index (χ1) is 13.3. The smallest absolute Gasteiger partial charge is 0.338 e. The van der Waals surface area contributed by atoms with Crippen molar-refractivity contribution in [1.82, 2.24) is 0 Å². The lowest BCUT2D eigenvalue weighted by atomic mass is 10.1. The molecule has 0 spiro atoms. The van der Waals surface area contributed by atoms with Crippen molar-refractivity contribution in [3.05, 3.63) is 64.2 Å². The van der Waals surface area contributed by atoms with E-state index in [2.05, 4.69) is 14.8 Å². The largest absolute Gasteiger partial charge is 0.465 e. The lowest BCUT2D eigenvalue weighted by Crippen LogP contribution is -2.21. The number of anilines is 1. The first-order valence-corrected chi connectivity index (χ1v) is 8.26. The van der Waals surface area contributed by atoms with E-state index in [0.29, 0.717) is 5.02 Å². The molecule has 1 amide bonds. The second-order valence-electron chi connectivity index (χ2n) is 5.41. The fourth-order valence-corrected chi connectivity index (χ4v) is 2.29. The van der Waals surface area contributed by atoms with Crippen LogP contribution < -0.4 is 5.32 Å². The van der Waals surface area contributed by atoms with E-state index in [4.69, 9.17) is 16.3 Å². The van der Waals surface area contributed by atoms with Crippen LogP contribution in [0, 0.1) is 0 Å². The minimum atomic E-state index is -0.703. The number of carbonyl (C=O) groups is 4. The van der Waals surface area contributed by atoms with Gasteiger partial charge in [0.05, 0.1) is 30.9 Å². The van der Waals surface area contributed by atoms with E-state index in [1.54, 1.807) is 0 Å². The molecule has 0 unspecified atom stereocenters. The van der Waals surface area contributed by atoms with Crippen LogP contribution in [0.4, 0.5) is 5.69 Å². The summed E-state index contributed by atoms with van der Waals surface area (Å²) in [6.45, 7) is -0.572. The second kappa shape index (κ2) is 9.52. The van der Waals surface area contributed by atoms with Crippen LogP contribution in [0.15, 0.2) is 42.5 Å². The summed E-state index contributed by atoms with van der Waals surface area (Å²) in [4.78, 5) is 47.5. The van der Waals surface area contributed by atoms with Gasteiger partial charge in [-0.2, -0.15) is 0 Å². The fourth-order valence-electron chi connectivity index (χ4n) is 2.17. The van der Waals surface area contributed by atoms with Crippen molar-refractivity contribution in [3.8, 4) is 0 Å². The fraction of sp³-hybridized carbons (Fsp3) is 0.158. The highest BCUT2D eigenvalue weighted by Crippen LogP contribution is 2.17. The van der Waals surface area contributed by atoms with Gasteiger partial charge < -0.3 is 19.5 Å². The summed E-state index contributed by atoms with van der Waals surface area (Å²) in [5.41, 5.74) is 0.450. The van der Waals surface area contributed by atoms with Crippen LogP contribution in [-0.4, -0.2) is 44.6 Å². The summed E-state index contributed by atoms with van der Waals surface area (Å²) in [7, 11) is 2.36. The Balaban J connectivity index is 2.07. The highest BCUT2D eigenvalue weighted by Gasteiger charge is 2.16. The van der Waals surface area contributed by atoms with Gasteiger partial charge in [-0.1, -0.05) is 11.6 Å². The van der Waals surface area contributed by atoms with Crippen molar-refractivity contribution in [2.75, 3.05) is 26.1 Å². The summed E-state index contributed by atoms with van der Waals surface area (Å²) in [5, 5.41) is 2.90. The molecule has 0 aliphatic heterocycles. The molecule has 0 atom stereocenters. The van der Waals surface area contributed by atoms with Crippen LogP contribution in [0.25, 0.3) is 0 Å². The lowest BCUT2D eigenvalue weighted by Gasteiger charge is -2.10. The van der Waals surface area contributed by atoms with Gasteiger partial charge in [0.25, 0.3) is 5.91 Å². The third-order valence-electron chi connectivity index (χ3n) is 3.47. The first-order valence-electron chi connectivity index (χ1n) is 7.88. The normalized spacial score (nSPS) is 9.96. The molecule has 0 saturated heterocycles. The van der Waals surface area contributed by atoms with Crippen molar-refractivity contribution in [2.24, 2.45) is 0 Å². The standard InChI is InChI=1S/C19H16ClNO7/c1-26-17(23)12-7-13(18(24)27-2)9-15(8-12)21-16(22)10-28-19(25)11-3-5-14(20)6-4-11/h3-9H,10H2,1-2H3,(H,21,22). The van der Waals surface area contributed by atoms with Gasteiger partial charge in [0.2, 0.25) is 0 Å². The molecule has 0 fully saturated rings. The molecule has 0 bridgehead atoms. The summed E-state index contributed by atoms with van der Waals surface area (Å²) in [5.74, 6) is -2.77. The topological polar surface area (TPSA) is 108 Å². The van der Waals surface area contributed by atoms with Crippen LogP contribution >= 0.6 is 11.6 Å². The van der Waals surface area contributed by atoms with E-state index in [1.807, 2.05) is 0 Å². The summed E-state index contributed by atoms with van der Waals surface area (Å²) >= 11 is 5.74. The quantitative estimate of drug-likeness (QED) is 0.581. The Morgan fingerprint density at radius 3 is 1.86 bits per heavy atom. The summed E-state index contributed by atoms with van der Waals surface area (Å²) in [6.07, 6.45) is 0. The lowest BCUT2D eigenvalue weighted by molar-refractivity contribution is -0.119. The summed E-state index contributed by atoms with van der Waals surface area (Å²) < 4.78 is 14.2. The first kappa shape index (κ1) is 20.9. The zero-order valence-electron chi connectivity index (χ0n) is 15.0. The Morgan fingerprint density at radius 2 is 1.36 bits per heavy atom. The number of rotatable bonds is 6. The van der Waals surface area contributed by atoms with Crippen LogP contribution in [0.2, 0.25) is 5.02 Å². The highest BCUT2D eigenvalue weighted by atomic mass is 35.5. The molecule has 146 valence electrons. The molecular weight excluding hydrogens is 390 g/mol. The van der Waals surface area contributed by atoms with Gasteiger partial charge in [-0.3, -0.25) is 4.79 Å². The van der Waals surface area contributed by atoms with Crippen molar-refractivity contribution < 1.29 is 33.4 Å². The molecule has 9 heteroatoms. The molecule has 28 heavy (non-hydrogen) atoms. The average molecular weight is 406 g/mol. The minimum Gasteiger partial charge on any atom is -0.465 e. The number of benzene rings is 2. The van der Waals surface area contributed by atoms with Gasteiger partial charge in [-0.25, -0.2) is 14.4 Å². The van der Waals surface area contributed by atoms with Crippen molar-refractivity contribution >= 4 is 41.1 Å². The number of hydrogen-bond acceptors (Lipinski definition) is 7. The summed E-state index contributed by atoms with van der Waals surface area (Å²) in [6, 6.07) is 9.87. The van der Waals surface area contributed by atoms with E-state index >= 15 is 0 Å². The number of carbonyl (C=O) groups excluding carboxylic acids is 4. The molecule has 0 saturated carbocycles. The minimum absolute atomic E-state index is 0.0406. The molecule has 0 aliphatic carbocycles. The molecule has 0 aliphatic rings. The maximum absolute atomic E-state index is 12.1. The Morgan fingerprint density at radius 1 is 0.821 bits per heavy atom. The van der Waals surface area contributed by atoms with Gasteiger partial charge in [0, 0.05) is 10.7 Å². The van der Waals surface area contributed by atoms with Crippen molar-refractivity contribution in [2.45, 2.75) is 0 Å². The molecule has 2 aromatic carbocycles. The van der Waals surface area contributed by atoms with Gasteiger partial charge >= 0.3 is 17.9 Å². The molecular formula is C19H16ClNO7. The number of halogens is 1. The zero-order valence-corrected chi connectivity index (χ0v) is 15.7. The van der Waals surface area contributed by atoms with Crippen LogP contribution in [0.3, 0.4) is 0 Å². The van der Waals surface area contributed by atoms with Gasteiger partial charge in [-0.05, 0) is 42.5 Å². The third-order valence-corrected chi connectivity index (χ3v) is 3.73. The van der Waals surface area contributed by atoms with E-state index in [1.165, 1.54) is 56.7 Å². The number of amides is 1. The third kappa shape index (κ3) is 5.55. The molecule has 0 aromatic heterocycles. The van der Waals surface area contributed by atoms with E-state index < -0.39 is 30.4 Å².